The van der Waals surface area contributed by atoms with Crippen LogP contribution in [0, 0.1) is 0 Å². The van der Waals surface area contributed by atoms with Gasteiger partial charge in [-0.15, -0.1) is 11.3 Å². The number of ketones is 1. The minimum atomic E-state index is -0.0144. The van der Waals surface area contributed by atoms with Crippen molar-refractivity contribution in [2.45, 2.75) is 75.5 Å². The number of hydrogen-bond donors (Lipinski definition) is 6. The van der Waals surface area contributed by atoms with Gasteiger partial charge in [-0.3, -0.25) is 14.8 Å². The maximum Gasteiger partial charge on any atom is 0.206 e. The second-order valence-corrected chi connectivity index (χ2v) is 16.2. The molecule has 7 aromatic rings. The molecule has 290 valence electrons. The Morgan fingerprint density at radius 3 is 1.70 bits per heavy atom. The van der Waals surface area contributed by atoms with Crippen LogP contribution in [0.15, 0.2) is 121 Å². The van der Waals surface area contributed by atoms with Gasteiger partial charge < -0.3 is 32.3 Å². The van der Waals surface area contributed by atoms with E-state index in [2.05, 4.69) is 50.9 Å². The van der Waals surface area contributed by atoms with Crippen molar-refractivity contribution in [1.82, 2.24) is 9.97 Å². The fourth-order valence-electron chi connectivity index (χ4n) is 7.95. The molecule has 9 rings (SSSR count). The molecule has 4 aromatic carbocycles. The highest BCUT2D eigenvalue weighted by Crippen LogP contribution is 2.35. The van der Waals surface area contributed by atoms with Gasteiger partial charge in [0.05, 0.1) is 27.2 Å². The van der Waals surface area contributed by atoms with Gasteiger partial charge in [-0.25, -0.2) is 0 Å². The number of anilines is 2. The van der Waals surface area contributed by atoms with Gasteiger partial charge in [-0.2, -0.15) is 0 Å². The summed E-state index contributed by atoms with van der Waals surface area (Å²) in [6, 6.07) is 34.0. The average Bonchev–Trinajstić information content (AvgIpc) is 3.79. The molecule has 0 unspecified atom stereocenters. The number of rotatable bonds is 8. The number of nitrogens with one attached hydrogen (secondary N) is 2. The van der Waals surface area contributed by atoms with E-state index in [9.17, 15) is 15.0 Å². The zero-order valence-electron chi connectivity index (χ0n) is 31.8. The molecule has 0 saturated heterocycles. The monoisotopic (exact) mass is 776 g/mol. The summed E-state index contributed by atoms with van der Waals surface area (Å²) < 4.78 is 0. The van der Waals surface area contributed by atoms with E-state index in [1.807, 2.05) is 60.1 Å². The second-order valence-electron chi connectivity index (χ2n) is 15.3. The van der Waals surface area contributed by atoms with E-state index in [1.165, 1.54) is 11.3 Å². The van der Waals surface area contributed by atoms with Gasteiger partial charge in [0.25, 0.3) is 0 Å². The number of fused-ring (bicyclic) bond motifs is 2. The minimum absolute atomic E-state index is 0.0144. The predicted octanol–water partition coefficient (Wildman–Crippen LogP) is 9.87. The van der Waals surface area contributed by atoms with Gasteiger partial charge in [-0.1, -0.05) is 42.5 Å². The Labute approximate surface area is 336 Å². The maximum absolute atomic E-state index is 13.3. The lowest BCUT2D eigenvalue weighted by molar-refractivity contribution is 0.104. The number of aromatic hydroxyl groups is 2. The van der Waals surface area contributed by atoms with Gasteiger partial charge in [0, 0.05) is 53.0 Å². The fourth-order valence-corrected chi connectivity index (χ4v) is 8.63. The number of thiophene rings is 1. The number of nitrogens with two attached hydrogens (primary N) is 2. The van der Waals surface area contributed by atoms with E-state index in [-0.39, 0.29) is 29.4 Å². The van der Waals surface area contributed by atoms with Crippen molar-refractivity contribution in [2.75, 3.05) is 10.6 Å². The third kappa shape index (κ3) is 8.94. The number of carbonyl (C=O) groups is 1. The summed E-state index contributed by atoms with van der Waals surface area (Å²) in [4.78, 5) is 23.2. The highest BCUT2D eigenvalue weighted by Gasteiger charge is 2.24. The molecule has 2 fully saturated rings. The van der Waals surface area contributed by atoms with Gasteiger partial charge in [0.1, 0.15) is 11.5 Å². The maximum atomic E-state index is 13.3. The molecule has 0 atom stereocenters. The van der Waals surface area contributed by atoms with Gasteiger partial charge in [0.2, 0.25) is 5.78 Å². The second kappa shape index (κ2) is 17.1. The molecule has 2 saturated carbocycles. The van der Waals surface area contributed by atoms with Crippen LogP contribution in [0.5, 0.6) is 11.5 Å². The molecule has 0 spiro atoms. The molecule has 3 aromatic heterocycles. The fraction of sp³-hybridized carbons (Fsp3) is 0.255. The molecule has 9 nitrogen and oxygen atoms in total. The van der Waals surface area contributed by atoms with Crippen molar-refractivity contribution in [3.05, 3.63) is 131 Å². The van der Waals surface area contributed by atoms with E-state index in [0.29, 0.717) is 22.5 Å². The summed E-state index contributed by atoms with van der Waals surface area (Å²) >= 11 is 1.44. The van der Waals surface area contributed by atoms with Crippen LogP contribution in [0.1, 0.15) is 66.6 Å². The average molecular weight is 777 g/mol. The highest BCUT2D eigenvalue weighted by atomic mass is 32.1. The van der Waals surface area contributed by atoms with Crippen LogP contribution in [0.2, 0.25) is 0 Å². The number of carbonyl (C=O) groups excluding carboxylic acids is 1. The topological polar surface area (TPSA) is 159 Å². The molecule has 0 radical (unpaired) electrons. The molecule has 2 aliphatic rings. The Bertz CT molecular complexity index is 2460. The summed E-state index contributed by atoms with van der Waals surface area (Å²) in [6.07, 6.45) is 11.9. The lowest BCUT2D eigenvalue weighted by atomic mass is 9.91. The summed E-state index contributed by atoms with van der Waals surface area (Å²) in [7, 11) is 0. The zero-order chi connectivity index (χ0) is 39.3. The largest absolute Gasteiger partial charge is 0.508 e. The number of benzene rings is 4. The molecular weight excluding hydrogens is 729 g/mol. The standard InChI is InChI=1S/C26H25N3O2S.C21H23N3O/c27-18-6-8-19(9-7-18)29-25-21-14-17(16-3-10-20(30)11-4-16)5-12-23(21)28-15-22(25)26(31)24-2-1-13-32-24;22-16-4-6-17(7-5-16)24-21-11-12-23-20-10-3-15(13-19(20)21)14-1-8-18(25)9-2-14/h1-5,10-15,18-19,30H,6-9,27H2,(H,28,29);1-3,8-13,16-17,25H,4-7,22H2,(H,23,24). The molecule has 0 aliphatic heterocycles. The highest BCUT2D eigenvalue weighted by molar-refractivity contribution is 7.12. The van der Waals surface area contributed by atoms with Crippen LogP contribution in [-0.4, -0.2) is 50.1 Å². The van der Waals surface area contributed by atoms with E-state index < -0.39 is 0 Å². The smallest absolute Gasteiger partial charge is 0.206 e. The van der Waals surface area contributed by atoms with Crippen molar-refractivity contribution in [1.29, 1.82) is 0 Å². The van der Waals surface area contributed by atoms with Crippen molar-refractivity contribution in [3.8, 4) is 33.8 Å². The van der Waals surface area contributed by atoms with Crippen LogP contribution >= 0.6 is 11.3 Å². The quantitative estimate of drug-likeness (QED) is 0.0826. The summed E-state index contributed by atoms with van der Waals surface area (Å²) in [5.41, 5.74) is 20.7. The van der Waals surface area contributed by atoms with Crippen LogP contribution in [0.4, 0.5) is 11.4 Å². The molecule has 0 amide bonds. The Hall–Kier alpha value is -5.81. The summed E-state index contributed by atoms with van der Waals surface area (Å²) in [5, 5.41) is 30.5. The van der Waals surface area contributed by atoms with Crippen LogP contribution < -0.4 is 22.1 Å². The Kier molecular flexibility index (Phi) is 11.4. The minimum Gasteiger partial charge on any atom is -0.508 e. The SMILES string of the molecule is NC1CCC(Nc2c(C(=O)c3cccs3)cnc3ccc(-c4ccc(O)cc4)cc23)CC1.NC1CCC(Nc2ccnc3ccc(-c4ccc(O)cc4)cc23)CC1. The Balaban J connectivity index is 0.000000165. The first-order valence-corrected chi connectivity index (χ1v) is 20.7. The van der Waals surface area contributed by atoms with Crippen LogP contribution in [-0.2, 0) is 0 Å². The normalized spacial score (nSPS) is 19.4. The summed E-state index contributed by atoms with van der Waals surface area (Å²) in [5.74, 6) is 0.501. The number of hydrogen-bond acceptors (Lipinski definition) is 10. The number of phenols is 2. The van der Waals surface area contributed by atoms with Gasteiger partial charge >= 0.3 is 0 Å². The van der Waals surface area contributed by atoms with E-state index in [4.69, 9.17) is 11.5 Å². The first-order valence-electron chi connectivity index (χ1n) is 19.8. The third-order valence-electron chi connectivity index (χ3n) is 11.3. The van der Waals surface area contributed by atoms with Crippen LogP contribution in [0.3, 0.4) is 0 Å². The molecule has 2 aliphatic carbocycles. The number of aromatic nitrogens is 2. The first-order chi connectivity index (χ1) is 27.8. The Morgan fingerprint density at radius 2 is 1.14 bits per heavy atom. The molecule has 8 N–H and O–H groups in total. The lowest BCUT2D eigenvalue weighted by Crippen LogP contribution is -2.33. The van der Waals surface area contributed by atoms with Gasteiger partial charge in [0.15, 0.2) is 0 Å². The van der Waals surface area contributed by atoms with E-state index >= 15 is 0 Å². The number of pyridine rings is 2. The van der Waals surface area contributed by atoms with Crippen molar-refractivity contribution >= 4 is 50.3 Å². The Morgan fingerprint density at radius 1 is 0.614 bits per heavy atom. The molecule has 3 heterocycles. The number of nitrogens with zero attached hydrogens (tertiary/aromatic N) is 2. The number of phenolic OH excluding ortho intramolecular Hbond substituents is 2. The predicted molar refractivity (Wildman–Crippen MR) is 233 cm³/mol. The molecular formula is C47H48N6O3S. The molecule has 10 heteroatoms. The van der Waals surface area contributed by atoms with Crippen molar-refractivity contribution < 1.29 is 15.0 Å². The van der Waals surface area contributed by atoms with Crippen molar-refractivity contribution in [3.63, 3.8) is 0 Å². The van der Waals surface area contributed by atoms with E-state index in [0.717, 1.165) is 107 Å². The molecule has 57 heavy (non-hydrogen) atoms. The van der Waals surface area contributed by atoms with Gasteiger partial charge in [-0.05, 0) is 140 Å². The van der Waals surface area contributed by atoms with Crippen LogP contribution in [0.25, 0.3) is 44.1 Å². The third-order valence-corrected chi connectivity index (χ3v) is 12.1. The van der Waals surface area contributed by atoms with Crippen molar-refractivity contribution in [2.24, 2.45) is 11.5 Å². The van der Waals surface area contributed by atoms with E-state index in [1.54, 1.807) is 30.5 Å². The zero-order valence-corrected chi connectivity index (χ0v) is 32.6. The lowest BCUT2D eigenvalue weighted by Gasteiger charge is -2.29. The summed E-state index contributed by atoms with van der Waals surface area (Å²) in [6.45, 7) is 0. The molecule has 0 bridgehead atoms. The first kappa shape index (κ1) is 38.1.